The molecule has 0 saturated heterocycles. The molecule has 0 unspecified atom stereocenters. The Labute approximate surface area is 105 Å². The lowest BCUT2D eigenvalue weighted by molar-refractivity contribution is 0.101. The summed E-state index contributed by atoms with van der Waals surface area (Å²) in [4.78, 5) is 21.7. The second-order valence-electron chi connectivity index (χ2n) is 4.02. The van der Waals surface area contributed by atoms with Gasteiger partial charge in [0.2, 0.25) is 0 Å². The normalized spacial score (nSPS) is 10.1. The van der Waals surface area contributed by atoms with Crippen molar-refractivity contribution in [1.29, 1.82) is 0 Å². The first-order chi connectivity index (χ1) is 8.61. The highest BCUT2D eigenvalue weighted by molar-refractivity contribution is 5.94. The summed E-state index contributed by atoms with van der Waals surface area (Å²) in [5.74, 6) is -0.0288. The summed E-state index contributed by atoms with van der Waals surface area (Å²) in [6, 6.07) is 12.0. The van der Waals surface area contributed by atoms with E-state index in [9.17, 15) is 14.7 Å². The average Bonchev–Trinajstić information content (AvgIpc) is 2.38. The van der Waals surface area contributed by atoms with E-state index in [1.54, 1.807) is 24.3 Å². The van der Waals surface area contributed by atoms with Crippen LogP contribution in [0.15, 0.2) is 42.5 Å². The third-order valence-corrected chi connectivity index (χ3v) is 2.78. The maximum atomic E-state index is 11.2. The van der Waals surface area contributed by atoms with E-state index in [2.05, 4.69) is 0 Å². The van der Waals surface area contributed by atoms with E-state index in [1.807, 2.05) is 12.1 Å². The Morgan fingerprint density at radius 3 is 2.17 bits per heavy atom. The first-order valence-corrected chi connectivity index (χ1v) is 5.51. The van der Waals surface area contributed by atoms with Gasteiger partial charge in [0.15, 0.2) is 12.1 Å². The van der Waals surface area contributed by atoms with Crippen molar-refractivity contribution in [2.24, 2.45) is 0 Å². The maximum absolute atomic E-state index is 11.2. The first-order valence-electron chi connectivity index (χ1n) is 5.51. The van der Waals surface area contributed by atoms with Gasteiger partial charge in [-0.05, 0) is 30.2 Å². The van der Waals surface area contributed by atoms with Crippen LogP contribution in [0.5, 0.6) is 5.75 Å². The zero-order chi connectivity index (χ0) is 13.1. The molecule has 0 heterocycles. The van der Waals surface area contributed by atoms with Crippen LogP contribution in [0, 0.1) is 0 Å². The van der Waals surface area contributed by atoms with E-state index in [4.69, 9.17) is 0 Å². The van der Waals surface area contributed by atoms with Gasteiger partial charge in [0, 0.05) is 5.56 Å². The molecule has 18 heavy (non-hydrogen) atoms. The predicted octanol–water partition coefficient (Wildman–Crippen LogP) is 3.07. The molecule has 2 aromatic rings. The maximum Gasteiger partial charge on any atom is 0.159 e. The number of carbonyl (C=O) groups is 2. The predicted molar refractivity (Wildman–Crippen MR) is 68.9 cm³/mol. The number of aromatic hydroxyl groups is 1. The molecule has 0 aliphatic rings. The highest BCUT2D eigenvalue weighted by Crippen LogP contribution is 2.25. The fourth-order valence-electron chi connectivity index (χ4n) is 1.72. The molecule has 0 bridgehead atoms. The number of hydrogen-bond donors (Lipinski definition) is 1. The van der Waals surface area contributed by atoms with E-state index < -0.39 is 0 Å². The molecule has 0 spiro atoms. The lowest BCUT2D eigenvalue weighted by atomic mass is 10.0. The number of ketones is 1. The van der Waals surface area contributed by atoms with Crippen LogP contribution in [0.25, 0.3) is 11.1 Å². The Bertz CT molecular complexity index is 598. The zero-order valence-electron chi connectivity index (χ0n) is 9.88. The topological polar surface area (TPSA) is 54.4 Å². The average molecular weight is 240 g/mol. The molecule has 3 heteroatoms. The standard InChI is InChI=1S/C15H12O3/c1-10(17)11-2-4-12(5-3-11)13-6-7-14(9-16)15(18)8-13/h2-9,18H,1H3. The largest absolute Gasteiger partial charge is 0.507 e. The van der Waals surface area contributed by atoms with Gasteiger partial charge in [-0.1, -0.05) is 30.3 Å². The third kappa shape index (κ3) is 2.30. The second-order valence-corrected chi connectivity index (χ2v) is 4.02. The smallest absolute Gasteiger partial charge is 0.159 e. The summed E-state index contributed by atoms with van der Waals surface area (Å²) in [5, 5.41) is 9.61. The van der Waals surface area contributed by atoms with Gasteiger partial charge in [-0.25, -0.2) is 0 Å². The molecule has 3 nitrogen and oxygen atoms in total. The molecular formula is C15H12O3. The Kier molecular flexibility index (Phi) is 3.24. The zero-order valence-corrected chi connectivity index (χ0v) is 9.88. The highest BCUT2D eigenvalue weighted by Gasteiger charge is 2.04. The monoisotopic (exact) mass is 240 g/mol. The summed E-state index contributed by atoms with van der Waals surface area (Å²) in [6.07, 6.45) is 0.609. The fourth-order valence-corrected chi connectivity index (χ4v) is 1.72. The van der Waals surface area contributed by atoms with Crippen molar-refractivity contribution < 1.29 is 14.7 Å². The van der Waals surface area contributed by atoms with Crippen molar-refractivity contribution in [3.8, 4) is 16.9 Å². The highest BCUT2D eigenvalue weighted by atomic mass is 16.3. The van der Waals surface area contributed by atoms with Crippen LogP contribution in [0.1, 0.15) is 27.6 Å². The summed E-state index contributed by atoms with van der Waals surface area (Å²) >= 11 is 0. The van der Waals surface area contributed by atoms with Gasteiger partial charge >= 0.3 is 0 Å². The van der Waals surface area contributed by atoms with Gasteiger partial charge < -0.3 is 5.11 Å². The molecule has 1 N–H and O–H groups in total. The molecule has 0 amide bonds. The molecular weight excluding hydrogens is 228 g/mol. The van der Waals surface area contributed by atoms with Crippen LogP contribution in [0.4, 0.5) is 0 Å². The van der Waals surface area contributed by atoms with Crippen molar-refractivity contribution in [2.75, 3.05) is 0 Å². The van der Waals surface area contributed by atoms with Crippen LogP contribution in [0.2, 0.25) is 0 Å². The number of rotatable bonds is 3. The summed E-state index contributed by atoms with van der Waals surface area (Å²) in [6.45, 7) is 1.51. The van der Waals surface area contributed by atoms with E-state index >= 15 is 0 Å². The molecule has 0 aromatic heterocycles. The lowest BCUT2D eigenvalue weighted by Crippen LogP contribution is -1.91. The molecule has 2 rings (SSSR count). The number of phenolic OH excluding ortho intramolecular Hbond substituents is 1. The molecule has 0 aliphatic heterocycles. The van der Waals surface area contributed by atoms with Crippen molar-refractivity contribution in [3.63, 3.8) is 0 Å². The quantitative estimate of drug-likeness (QED) is 0.662. The number of hydrogen-bond acceptors (Lipinski definition) is 3. The van der Waals surface area contributed by atoms with Crippen LogP contribution in [-0.4, -0.2) is 17.2 Å². The van der Waals surface area contributed by atoms with Crippen LogP contribution >= 0.6 is 0 Å². The summed E-state index contributed by atoms with van der Waals surface area (Å²) in [7, 11) is 0. The molecule has 2 aromatic carbocycles. The SMILES string of the molecule is CC(=O)c1ccc(-c2ccc(C=O)c(O)c2)cc1. The van der Waals surface area contributed by atoms with Crippen molar-refractivity contribution >= 4 is 12.1 Å². The molecule has 0 atom stereocenters. The van der Waals surface area contributed by atoms with Crippen LogP contribution in [0.3, 0.4) is 0 Å². The number of benzene rings is 2. The van der Waals surface area contributed by atoms with E-state index in [0.717, 1.165) is 11.1 Å². The van der Waals surface area contributed by atoms with Gasteiger partial charge in [0.1, 0.15) is 5.75 Å². The first kappa shape index (κ1) is 12.0. The van der Waals surface area contributed by atoms with Crippen LogP contribution < -0.4 is 0 Å². The molecule has 0 fully saturated rings. The molecule has 0 saturated carbocycles. The number of aldehydes is 1. The Hall–Kier alpha value is -2.42. The van der Waals surface area contributed by atoms with Crippen molar-refractivity contribution in [1.82, 2.24) is 0 Å². The van der Waals surface area contributed by atoms with Gasteiger partial charge in [-0.2, -0.15) is 0 Å². The number of phenols is 1. The minimum absolute atomic E-state index is 0.0145. The van der Waals surface area contributed by atoms with Gasteiger partial charge in [0.05, 0.1) is 5.56 Å². The van der Waals surface area contributed by atoms with Gasteiger partial charge in [-0.3, -0.25) is 9.59 Å². The molecule has 0 radical (unpaired) electrons. The van der Waals surface area contributed by atoms with Gasteiger partial charge in [-0.15, -0.1) is 0 Å². The minimum atomic E-state index is -0.0434. The van der Waals surface area contributed by atoms with E-state index in [0.29, 0.717) is 11.8 Å². The van der Waals surface area contributed by atoms with E-state index in [1.165, 1.54) is 13.0 Å². The lowest BCUT2D eigenvalue weighted by Gasteiger charge is -2.04. The van der Waals surface area contributed by atoms with Crippen molar-refractivity contribution in [3.05, 3.63) is 53.6 Å². The molecule has 90 valence electrons. The Morgan fingerprint density at radius 2 is 1.67 bits per heavy atom. The fraction of sp³-hybridized carbons (Fsp3) is 0.0667. The van der Waals surface area contributed by atoms with E-state index in [-0.39, 0.29) is 17.1 Å². The second kappa shape index (κ2) is 4.84. The Balaban J connectivity index is 2.39. The summed E-state index contributed by atoms with van der Waals surface area (Å²) in [5.41, 5.74) is 2.59. The molecule has 0 aliphatic carbocycles. The number of Topliss-reactive ketones (excluding diaryl/α,β-unsaturated/α-hetero) is 1. The minimum Gasteiger partial charge on any atom is -0.507 e. The van der Waals surface area contributed by atoms with Crippen LogP contribution in [-0.2, 0) is 0 Å². The Morgan fingerprint density at radius 1 is 1.06 bits per heavy atom. The number of carbonyl (C=O) groups excluding carboxylic acids is 2. The summed E-state index contributed by atoms with van der Waals surface area (Å²) < 4.78 is 0. The van der Waals surface area contributed by atoms with Gasteiger partial charge in [0.25, 0.3) is 0 Å². The third-order valence-electron chi connectivity index (χ3n) is 2.78. The van der Waals surface area contributed by atoms with Crippen molar-refractivity contribution in [2.45, 2.75) is 6.92 Å².